The van der Waals surface area contributed by atoms with Crippen LogP contribution in [0.4, 0.5) is 23.7 Å². The minimum atomic E-state index is -4.41. The SMILES string of the molecule is NC(Cc1ccc(N2CC(CNC(=O)c3cc(Cl)ccc3S)OC2=O)cc1)=NCC(F)(F)F. The fourth-order valence-corrected chi connectivity index (χ4v) is 3.49. The lowest BCUT2D eigenvalue weighted by atomic mass is 10.1. The molecule has 1 aliphatic rings. The van der Waals surface area contributed by atoms with Crippen LogP contribution in [0.25, 0.3) is 0 Å². The molecule has 12 heteroatoms. The number of benzene rings is 2. The Bertz CT molecular complexity index is 1060. The molecule has 1 unspecified atom stereocenters. The number of amidine groups is 1. The predicted octanol–water partition coefficient (Wildman–Crippen LogP) is 3.85. The lowest BCUT2D eigenvalue weighted by molar-refractivity contribution is -0.118. The highest BCUT2D eigenvalue weighted by Crippen LogP contribution is 2.23. The molecule has 176 valence electrons. The van der Waals surface area contributed by atoms with Crippen LogP contribution in [-0.4, -0.2) is 49.8 Å². The third-order valence-corrected chi connectivity index (χ3v) is 5.29. The van der Waals surface area contributed by atoms with Gasteiger partial charge >= 0.3 is 12.3 Å². The van der Waals surface area contributed by atoms with Crippen LogP contribution in [0.5, 0.6) is 0 Å². The number of halogens is 4. The second kappa shape index (κ2) is 10.3. The summed E-state index contributed by atoms with van der Waals surface area (Å²) >= 11 is 10.2. The van der Waals surface area contributed by atoms with Crippen molar-refractivity contribution in [2.24, 2.45) is 10.7 Å². The van der Waals surface area contributed by atoms with E-state index in [9.17, 15) is 22.8 Å². The highest BCUT2D eigenvalue weighted by Gasteiger charge is 2.32. The number of anilines is 1. The van der Waals surface area contributed by atoms with E-state index in [0.717, 1.165) is 0 Å². The van der Waals surface area contributed by atoms with Crippen LogP contribution >= 0.6 is 24.2 Å². The number of nitrogens with one attached hydrogen (secondary N) is 1. The van der Waals surface area contributed by atoms with Crippen molar-refractivity contribution in [3.05, 3.63) is 58.6 Å². The van der Waals surface area contributed by atoms with Crippen molar-refractivity contribution in [3.8, 4) is 0 Å². The molecule has 0 bridgehead atoms. The molecule has 0 saturated carbocycles. The van der Waals surface area contributed by atoms with Gasteiger partial charge in [-0.2, -0.15) is 13.2 Å². The quantitative estimate of drug-likeness (QED) is 0.306. The summed E-state index contributed by atoms with van der Waals surface area (Å²) in [6, 6.07) is 11.3. The summed E-state index contributed by atoms with van der Waals surface area (Å²) in [5.74, 6) is -0.535. The van der Waals surface area contributed by atoms with E-state index < -0.39 is 30.8 Å². The zero-order valence-electron chi connectivity index (χ0n) is 17.1. The molecule has 3 rings (SSSR count). The first-order valence-corrected chi connectivity index (χ1v) is 10.5. The summed E-state index contributed by atoms with van der Waals surface area (Å²) in [7, 11) is 0. The van der Waals surface area contributed by atoms with E-state index in [1.807, 2.05) is 0 Å². The zero-order valence-corrected chi connectivity index (χ0v) is 18.8. The second-order valence-electron chi connectivity index (χ2n) is 7.25. The third kappa shape index (κ3) is 7.03. The fraction of sp³-hybridized carbons (Fsp3) is 0.286. The van der Waals surface area contributed by atoms with Gasteiger partial charge in [0, 0.05) is 22.0 Å². The molecule has 0 radical (unpaired) electrons. The number of hydrogen-bond acceptors (Lipinski definition) is 5. The largest absolute Gasteiger partial charge is 0.442 e. The van der Waals surface area contributed by atoms with Crippen molar-refractivity contribution >= 4 is 47.8 Å². The molecule has 0 spiro atoms. The lowest BCUT2D eigenvalue weighted by Gasteiger charge is -2.14. The third-order valence-electron chi connectivity index (χ3n) is 4.66. The molecule has 0 aromatic heterocycles. The first-order valence-electron chi connectivity index (χ1n) is 9.71. The van der Waals surface area contributed by atoms with Crippen LogP contribution < -0.4 is 16.0 Å². The van der Waals surface area contributed by atoms with Crippen LogP contribution in [0, 0.1) is 0 Å². The molecular formula is C21H20ClF3N4O3S. The summed E-state index contributed by atoms with van der Waals surface area (Å²) in [5.41, 5.74) is 7.03. The fourth-order valence-electron chi connectivity index (χ4n) is 3.08. The van der Waals surface area contributed by atoms with Gasteiger partial charge in [0.1, 0.15) is 12.6 Å². The first-order chi connectivity index (χ1) is 15.5. The van der Waals surface area contributed by atoms with Gasteiger partial charge in [0.15, 0.2) is 0 Å². The number of hydrogen-bond donors (Lipinski definition) is 3. The molecule has 1 fully saturated rings. The molecule has 33 heavy (non-hydrogen) atoms. The minimum absolute atomic E-state index is 0.0477. The number of nitrogens with zero attached hydrogens (tertiary/aromatic N) is 2. The van der Waals surface area contributed by atoms with Gasteiger partial charge in [-0.1, -0.05) is 23.7 Å². The van der Waals surface area contributed by atoms with Gasteiger partial charge in [-0.05, 0) is 35.9 Å². The van der Waals surface area contributed by atoms with Gasteiger partial charge in [0.05, 0.1) is 24.5 Å². The van der Waals surface area contributed by atoms with Crippen LogP contribution in [0.1, 0.15) is 15.9 Å². The Morgan fingerprint density at radius 1 is 1.27 bits per heavy atom. The summed E-state index contributed by atoms with van der Waals surface area (Å²) in [6.45, 7) is -1.04. The van der Waals surface area contributed by atoms with Crippen molar-refractivity contribution in [1.29, 1.82) is 0 Å². The molecular weight excluding hydrogens is 481 g/mol. The van der Waals surface area contributed by atoms with Gasteiger partial charge in [-0.25, -0.2) is 4.79 Å². The van der Waals surface area contributed by atoms with E-state index in [2.05, 4.69) is 22.9 Å². The molecule has 1 aliphatic heterocycles. The van der Waals surface area contributed by atoms with Crippen molar-refractivity contribution in [3.63, 3.8) is 0 Å². The molecule has 2 aromatic rings. The average Bonchev–Trinajstić information content (AvgIpc) is 3.13. The van der Waals surface area contributed by atoms with Crippen LogP contribution in [-0.2, 0) is 11.2 Å². The number of carbonyl (C=O) groups excluding carboxylic acids is 2. The molecule has 7 nitrogen and oxygen atoms in total. The second-order valence-corrected chi connectivity index (χ2v) is 8.17. The average molecular weight is 501 g/mol. The normalized spacial score (nSPS) is 16.6. The van der Waals surface area contributed by atoms with E-state index in [1.165, 1.54) is 11.0 Å². The minimum Gasteiger partial charge on any atom is -0.442 e. The van der Waals surface area contributed by atoms with Gasteiger partial charge < -0.3 is 15.8 Å². The molecule has 1 heterocycles. The lowest BCUT2D eigenvalue weighted by Crippen LogP contribution is -2.34. The van der Waals surface area contributed by atoms with E-state index >= 15 is 0 Å². The van der Waals surface area contributed by atoms with Gasteiger partial charge in [0.25, 0.3) is 5.91 Å². The van der Waals surface area contributed by atoms with E-state index in [-0.39, 0.29) is 25.3 Å². The monoisotopic (exact) mass is 500 g/mol. The summed E-state index contributed by atoms with van der Waals surface area (Å²) in [5, 5.41) is 3.09. The Morgan fingerprint density at radius 2 is 1.97 bits per heavy atom. The number of ether oxygens (including phenoxy) is 1. The van der Waals surface area contributed by atoms with Crippen molar-refractivity contribution in [1.82, 2.24) is 5.32 Å². The molecule has 3 N–H and O–H groups in total. The number of aliphatic imine (C=N–C) groups is 1. The molecule has 1 atom stereocenters. The number of rotatable bonds is 7. The smallest absolute Gasteiger partial charge is 0.414 e. The van der Waals surface area contributed by atoms with Crippen LogP contribution in [0.2, 0.25) is 5.02 Å². The summed E-state index contributed by atoms with van der Waals surface area (Å²) in [6.07, 6.45) is -5.52. The van der Waals surface area contributed by atoms with Crippen molar-refractivity contribution < 1.29 is 27.5 Å². The van der Waals surface area contributed by atoms with Crippen LogP contribution in [0.15, 0.2) is 52.4 Å². The summed E-state index contributed by atoms with van der Waals surface area (Å²) in [4.78, 5) is 29.8. The number of amides is 2. The standard InChI is InChI=1S/C21H20ClF3N4O3S/c22-13-3-6-17(33)16(8-13)19(30)27-9-15-10-29(20(31)32-15)14-4-1-12(2-5-14)7-18(26)28-11-21(23,24)25/h1-6,8,15,33H,7,9-11H2,(H2,26,28)(H,27,30). The Balaban J connectivity index is 1.55. The Labute approximate surface area is 198 Å². The molecule has 2 amide bonds. The Kier molecular flexibility index (Phi) is 7.75. The van der Waals surface area contributed by atoms with E-state index in [4.69, 9.17) is 22.1 Å². The van der Waals surface area contributed by atoms with Crippen molar-refractivity contribution in [2.45, 2.75) is 23.6 Å². The maximum Gasteiger partial charge on any atom is 0.414 e. The molecule has 0 aliphatic carbocycles. The van der Waals surface area contributed by atoms with Crippen LogP contribution in [0.3, 0.4) is 0 Å². The van der Waals surface area contributed by atoms with E-state index in [0.29, 0.717) is 26.7 Å². The number of nitrogens with two attached hydrogens (primary N) is 1. The molecule has 2 aromatic carbocycles. The highest BCUT2D eigenvalue weighted by atomic mass is 35.5. The van der Waals surface area contributed by atoms with Gasteiger partial charge in [-0.15, -0.1) is 12.6 Å². The van der Waals surface area contributed by atoms with E-state index in [1.54, 1.807) is 36.4 Å². The molecule has 1 saturated heterocycles. The number of alkyl halides is 3. The number of cyclic esters (lactones) is 1. The van der Waals surface area contributed by atoms with Crippen molar-refractivity contribution in [2.75, 3.05) is 24.5 Å². The first kappa shape index (κ1) is 24.7. The zero-order chi connectivity index (χ0) is 24.2. The Hall–Kier alpha value is -2.92. The maximum atomic E-state index is 12.4. The van der Waals surface area contributed by atoms with Gasteiger partial charge in [-0.3, -0.25) is 14.7 Å². The summed E-state index contributed by atoms with van der Waals surface area (Å²) < 4.78 is 42.0. The number of thiol groups is 1. The number of carbonyl (C=O) groups is 2. The predicted molar refractivity (Wildman–Crippen MR) is 121 cm³/mol. The topological polar surface area (TPSA) is 97.0 Å². The van der Waals surface area contributed by atoms with Gasteiger partial charge in [0.2, 0.25) is 0 Å². The maximum absolute atomic E-state index is 12.4. The highest BCUT2D eigenvalue weighted by molar-refractivity contribution is 7.80. The Morgan fingerprint density at radius 3 is 2.64 bits per heavy atom.